The van der Waals surface area contributed by atoms with Gasteiger partial charge >= 0.3 is 5.97 Å². The van der Waals surface area contributed by atoms with Crippen molar-refractivity contribution in [2.24, 2.45) is 18.7 Å². The highest BCUT2D eigenvalue weighted by Gasteiger charge is 2.47. The summed E-state index contributed by atoms with van der Waals surface area (Å²) >= 11 is 0. The number of fused-ring (bicyclic) bond motifs is 1. The van der Waals surface area contributed by atoms with E-state index in [4.69, 9.17) is 19.9 Å². The number of hydrogen-bond donors (Lipinski definition) is 2. The maximum atomic E-state index is 13.4. The highest BCUT2D eigenvalue weighted by atomic mass is 16.7. The molecule has 1 aromatic carbocycles. The second kappa shape index (κ2) is 12.5. The summed E-state index contributed by atoms with van der Waals surface area (Å²) in [7, 11) is 3.54. The molecule has 0 saturated carbocycles. The molecular weight excluding hydrogens is 488 g/mol. The molecule has 4 rings (SSSR count). The highest BCUT2D eigenvalue weighted by Crippen LogP contribution is 2.47. The molecule has 3 heterocycles. The van der Waals surface area contributed by atoms with Crippen LogP contribution in [0.25, 0.3) is 0 Å². The number of hydrogen-bond acceptors (Lipinski definition) is 7. The number of likely N-dealkylation sites (tertiary alicyclic amines) is 1. The molecule has 2 aliphatic rings. The van der Waals surface area contributed by atoms with Gasteiger partial charge < -0.3 is 34.5 Å². The Balaban J connectivity index is 1.65. The van der Waals surface area contributed by atoms with E-state index >= 15 is 0 Å². The zero-order valence-electron chi connectivity index (χ0n) is 22.6. The Morgan fingerprint density at radius 2 is 2.08 bits per heavy atom. The zero-order chi connectivity index (χ0) is 27.2. The first-order valence-corrected chi connectivity index (χ1v) is 13.4. The summed E-state index contributed by atoms with van der Waals surface area (Å²) < 4.78 is 18.8. The van der Waals surface area contributed by atoms with Gasteiger partial charge in [-0.1, -0.05) is 13.3 Å². The third kappa shape index (κ3) is 5.91. The van der Waals surface area contributed by atoms with Gasteiger partial charge in [-0.05, 0) is 49.1 Å². The summed E-state index contributed by atoms with van der Waals surface area (Å²) in [5.74, 6) is -0.340. The summed E-state index contributed by atoms with van der Waals surface area (Å²) in [6.07, 6.45) is 5.20. The number of aryl methyl sites for hydroxylation is 2. The monoisotopic (exact) mass is 528 g/mol. The lowest BCUT2D eigenvalue weighted by molar-refractivity contribution is -0.143. The van der Waals surface area contributed by atoms with E-state index in [1.807, 2.05) is 47.0 Å². The topological polar surface area (TPSA) is 119 Å². The second-order valence-corrected chi connectivity index (χ2v) is 10.1. The number of carbonyl (C=O) groups is 2. The SMILES string of the molecule is CCCCN(CCN)C(=O)CN1C[C@H](c2cc(OC)c3c(c2)OCO3)[C@@H](C(=O)O)[C@@H]1CCc1cccn1C. The van der Waals surface area contributed by atoms with Crippen molar-refractivity contribution in [1.29, 1.82) is 0 Å². The molecule has 1 aromatic heterocycles. The van der Waals surface area contributed by atoms with E-state index in [9.17, 15) is 14.7 Å². The molecule has 0 aliphatic carbocycles. The van der Waals surface area contributed by atoms with E-state index in [-0.39, 0.29) is 31.2 Å². The molecule has 1 amide bonds. The van der Waals surface area contributed by atoms with Gasteiger partial charge in [-0.2, -0.15) is 0 Å². The highest BCUT2D eigenvalue weighted by molar-refractivity contribution is 5.79. The van der Waals surface area contributed by atoms with Crippen molar-refractivity contribution < 1.29 is 28.9 Å². The number of amides is 1. The lowest BCUT2D eigenvalue weighted by Crippen LogP contribution is -2.45. The molecule has 2 aromatic rings. The Kier molecular flexibility index (Phi) is 9.17. The van der Waals surface area contributed by atoms with Crippen molar-refractivity contribution in [3.8, 4) is 17.2 Å². The molecule has 208 valence electrons. The number of carboxylic acids is 1. The summed E-state index contributed by atoms with van der Waals surface area (Å²) in [6.45, 7) is 4.32. The largest absolute Gasteiger partial charge is 0.493 e. The minimum Gasteiger partial charge on any atom is -0.493 e. The number of unbranched alkanes of at least 4 members (excludes halogenated alkanes) is 1. The molecule has 10 heteroatoms. The minimum atomic E-state index is -0.872. The molecule has 10 nitrogen and oxygen atoms in total. The number of carboxylic acid groups (broad SMARTS) is 1. The lowest BCUT2D eigenvalue weighted by atomic mass is 9.83. The molecule has 0 bridgehead atoms. The molecule has 1 saturated heterocycles. The average Bonchev–Trinajstić information content (AvgIpc) is 3.63. The Bertz CT molecular complexity index is 1120. The molecule has 3 atom stereocenters. The second-order valence-electron chi connectivity index (χ2n) is 10.1. The van der Waals surface area contributed by atoms with Gasteiger partial charge in [-0.25, -0.2) is 0 Å². The van der Waals surface area contributed by atoms with Gasteiger partial charge in [0.05, 0.1) is 19.6 Å². The number of methoxy groups -OCH3 is 1. The Hall–Kier alpha value is -3.24. The first-order valence-electron chi connectivity index (χ1n) is 13.4. The van der Waals surface area contributed by atoms with Crippen LogP contribution in [-0.2, 0) is 23.1 Å². The molecule has 0 unspecified atom stereocenters. The molecule has 0 radical (unpaired) electrons. The number of aromatic nitrogens is 1. The van der Waals surface area contributed by atoms with Gasteiger partial charge in [0.2, 0.25) is 18.4 Å². The first-order chi connectivity index (χ1) is 18.4. The lowest BCUT2D eigenvalue weighted by Gasteiger charge is -2.29. The standard InChI is InChI=1S/C28H40N4O6/c1-4-5-12-31(13-10-29)25(33)17-32-16-21(19-14-23(36-3)27-24(15-19)37-18-38-27)26(28(34)35)22(32)9-8-20-7-6-11-30(20)2/h6-7,11,14-15,21-22,26H,4-5,8-10,12-13,16-18,29H2,1-3H3,(H,34,35)/t21-,22+,26-/m1/s1. The third-order valence-corrected chi connectivity index (χ3v) is 7.76. The molecule has 0 spiro atoms. The van der Waals surface area contributed by atoms with Crippen LogP contribution >= 0.6 is 0 Å². The third-order valence-electron chi connectivity index (χ3n) is 7.76. The number of nitrogens with zero attached hydrogens (tertiary/aromatic N) is 3. The van der Waals surface area contributed by atoms with Crippen LogP contribution in [0.15, 0.2) is 30.5 Å². The summed E-state index contributed by atoms with van der Waals surface area (Å²) in [5.41, 5.74) is 7.73. The van der Waals surface area contributed by atoms with Gasteiger partial charge in [0.1, 0.15) is 0 Å². The molecule has 1 fully saturated rings. The predicted molar refractivity (Wildman–Crippen MR) is 143 cm³/mol. The fourth-order valence-electron chi connectivity index (χ4n) is 5.75. The maximum Gasteiger partial charge on any atom is 0.308 e. The molecular formula is C28H40N4O6. The van der Waals surface area contributed by atoms with Crippen molar-refractivity contribution in [3.63, 3.8) is 0 Å². The predicted octanol–water partition coefficient (Wildman–Crippen LogP) is 2.45. The Morgan fingerprint density at radius 3 is 2.74 bits per heavy atom. The number of aliphatic carboxylic acids is 1. The van der Waals surface area contributed by atoms with Crippen LogP contribution < -0.4 is 19.9 Å². The average molecular weight is 529 g/mol. The smallest absolute Gasteiger partial charge is 0.308 e. The van der Waals surface area contributed by atoms with Crippen molar-refractivity contribution in [1.82, 2.24) is 14.4 Å². The van der Waals surface area contributed by atoms with E-state index in [1.54, 1.807) is 7.11 Å². The maximum absolute atomic E-state index is 13.4. The zero-order valence-corrected chi connectivity index (χ0v) is 22.6. The molecule has 3 N–H and O–H groups in total. The van der Waals surface area contributed by atoms with Gasteiger partial charge in [-0.15, -0.1) is 0 Å². The van der Waals surface area contributed by atoms with E-state index < -0.39 is 11.9 Å². The van der Waals surface area contributed by atoms with E-state index in [1.165, 1.54) is 0 Å². The van der Waals surface area contributed by atoms with Crippen molar-refractivity contribution in [2.75, 3.05) is 46.6 Å². The van der Waals surface area contributed by atoms with Gasteiger partial charge in [0, 0.05) is 57.1 Å². The Morgan fingerprint density at radius 1 is 1.26 bits per heavy atom. The van der Waals surface area contributed by atoms with E-state index in [0.29, 0.717) is 56.3 Å². The summed E-state index contributed by atoms with van der Waals surface area (Å²) in [4.78, 5) is 30.1. The number of ether oxygens (including phenoxy) is 3. The van der Waals surface area contributed by atoms with E-state index in [2.05, 4.69) is 11.8 Å². The van der Waals surface area contributed by atoms with Crippen LogP contribution in [0.4, 0.5) is 0 Å². The molecule has 38 heavy (non-hydrogen) atoms. The Labute approximate surface area is 224 Å². The van der Waals surface area contributed by atoms with Gasteiger partial charge in [0.15, 0.2) is 11.5 Å². The number of carbonyl (C=O) groups excluding carboxylic acids is 1. The quantitative estimate of drug-likeness (QED) is 0.407. The fraction of sp³-hybridized carbons (Fsp3) is 0.571. The van der Waals surface area contributed by atoms with Crippen LogP contribution in [0.5, 0.6) is 17.2 Å². The van der Waals surface area contributed by atoms with Crippen LogP contribution in [0.2, 0.25) is 0 Å². The number of benzene rings is 1. The first kappa shape index (κ1) is 27.8. The summed E-state index contributed by atoms with van der Waals surface area (Å²) in [6, 6.07) is 7.41. The molecule has 2 aliphatic heterocycles. The summed E-state index contributed by atoms with van der Waals surface area (Å²) in [5, 5.41) is 10.5. The van der Waals surface area contributed by atoms with Crippen LogP contribution in [0.1, 0.15) is 43.4 Å². The van der Waals surface area contributed by atoms with Crippen molar-refractivity contribution >= 4 is 11.9 Å². The van der Waals surface area contributed by atoms with Gasteiger partial charge in [-0.3, -0.25) is 14.5 Å². The normalized spacial score (nSPS) is 20.6. The van der Waals surface area contributed by atoms with Crippen LogP contribution in [0, 0.1) is 5.92 Å². The van der Waals surface area contributed by atoms with E-state index in [0.717, 1.165) is 24.1 Å². The number of nitrogens with two attached hydrogens (primary N) is 1. The van der Waals surface area contributed by atoms with Crippen LogP contribution in [0.3, 0.4) is 0 Å². The van der Waals surface area contributed by atoms with Gasteiger partial charge in [0.25, 0.3) is 0 Å². The van der Waals surface area contributed by atoms with Crippen LogP contribution in [-0.4, -0.2) is 84.0 Å². The van der Waals surface area contributed by atoms with Crippen molar-refractivity contribution in [3.05, 3.63) is 41.7 Å². The fourth-order valence-corrected chi connectivity index (χ4v) is 5.75. The minimum absolute atomic E-state index is 0.0131. The number of rotatable bonds is 13. The van der Waals surface area contributed by atoms with Crippen molar-refractivity contribution in [2.45, 2.75) is 44.6 Å².